The smallest absolute Gasteiger partial charge is 0.314 e. The summed E-state index contributed by atoms with van der Waals surface area (Å²) in [5.41, 5.74) is 8.77. The molecular weight excluding hydrogens is 650 g/mol. The Labute approximate surface area is 292 Å². The van der Waals surface area contributed by atoms with E-state index in [4.69, 9.17) is 26.5 Å². The van der Waals surface area contributed by atoms with Crippen molar-refractivity contribution in [3.05, 3.63) is 166 Å². The van der Waals surface area contributed by atoms with E-state index < -0.39 is 5.85 Å². The van der Waals surface area contributed by atoms with Gasteiger partial charge in [0.15, 0.2) is 0 Å². The van der Waals surface area contributed by atoms with Gasteiger partial charge in [0.2, 0.25) is 0 Å². The van der Waals surface area contributed by atoms with Crippen LogP contribution >= 0.6 is 23.4 Å². The lowest BCUT2D eigenvalue weighted by molar-refractivity contribution is -0.0949. The van der Waals surface area contributed by atoms with E-state index in [1.807, 2.05) is 107 Å². The Bertz CT molecular complexity index is 2270. The van der Waals surface area contributed by atoms with Crippen molar-refractivity contribution >= 4 is 40.4 Å². The van der Waals surface area contributed by atoms with Crippen LogP contribution in [0.2, 0.25) is 5.02 Å². The molecule has 0 bridgehead atoms. The number of halogens is 1. The van der Waals surface area contributed by atoms with Crippen LogP contribution in [0.1, 0.15) is 29.2 Å². The van der Waals surface area contributed by atoms with Crippen LogP contribution < -0.4 is 10.1 Å². The molecule has 2 atom stereocenters. The minimum atomic E-state index is -1.29. The Morgan fingerprint density at radius 3 is 2.27 bits per heavy atom. The van der Waals surface area contributed by atoms with Crippen LogP contribution in [0.3, 0.4) is 0 Å². The largest absolute Gasteiger partial charge is 0.444 e. The number of hydrogen-bond donors (Lipinski definition) is 1. The third-order valence-electron chi connectivity index (χ3n) is 9.04. The standard InChI is InChI=1S/C40H28ClN5O2S/c41-30-19-17-28(18-20-30)34-25-36-32-13-7-8-14-37(32)48-40(46(36)44-34)38(49-39(47)42-40)23-26-15-21-31(22-16-26)45-35(29-11-5-2-6-12-29)24-33(43-45)27-9-3-1-4-10-27/h1-24,36H,25H2,(H,42,47)/b38-23-. The Morgan fingerprint density at radius 1 is 0.816 bits per heavy atom. The normalized spacial score (nSPS) is 20.1. The number of fused-ring (bicyclic) bond motifs is 4. The number of ether oxygens (including phenoxy) is 1. The molecule has 0 radical (unpaired) electrons. The summed E-state index contributed by atoms with van der Waals surface area (Å²) in [4.78, 5) is 13.9. The molecule has 1 saturated heterocycles. The third-order valence-corrected chi connectivity index (χ3v) is 10.2. The summed E-state index contributed by atoms with van der Waals surface area (Å²) in [5, 5.41) is 15.6. The first kappa shape index (κ1) is 29.6. The molecule has 5 aromatic carbocycles. The molecule has 1 amide bonds. The highest BCUT2D eigenvalue weighted by Crippen LogP contribution is 2.52. The van der Waals surface area contributed by atoms with Crippen molar-refractivity contribution in [3.63, 3.8) is 0 Å². The Kier molecular flexibility index (Phi) is 7.14. The molecule has 49 heavy (non-hydrogen) atoms. The fraction of sp³-hybridized carbons (Fsp3) is 0.0750. The number of hydrazone groups is 1. The lowest BCUT2D eigenvalue weighted by atomic mass is 9.95. The number of rotatable bonds is 5. The summed E-state index contributed by atoms with van der Waals surface area (Å²) >= 11 is 7.32. The lowest BCUT2D eigenvalue weighted by Crippen LogP contribution is -2.61. The van der Waals surface area contributed by atoms with E-state index in [1.54, 1.807) is 0 Å². The summed E-state index contributed by atoms with van der Waals surface area (Å²) < 4.78 is 8.70. The van der Waals surface area contributed by atoms with Crippen molar-refractivity contribution in [3.8, 4) is 34.0 Å². The van der Waals surface area contributed by atoms with Crippen molar-refractivity contribution in [2.75, 3.05) is 0 Å². The summed E-state index contributed by atoms with van der Waals surface area (Å²) in [7, 11) is 0. The van der Waals surface area contributed by atoms with Gasteiger partial charge in [0, 0.05) is 28.1 Å². The summed E-state index contributed by atoms with van der Waals surface area (Å²) in [5.74, 6) is -0.567. The second kappa shape index (κ2) is 11.8. The molecule has 0 aliphatic carbocycles. The molecule has 2 unspecified atom stereocenters. The van der Waals surface area contributed by atoms with Gasteiger partial charge in [0.1, 0.15) is 5.75 Å². The quantitative estimate of drug-likeness (QED) is 0.197. The molecule has 4 heterocycles. The molecular formula is C40H28ClN5O2S. The van der Waals surface area contributed by atoms with Gasteiger partial charge < -0.3 is 4.74 Å². The minimum Gasteiger partial charge on any atom is -0.444 e. The molecule has 1 N–H and O–H groups in total. The van der Waals surface area contributed by atoms with Crippen LogP contribution in [0.25, 0.3) is 34.3 Å². The van der Waals surface area contributed by atoms with Gasteiger partial charge in [0.05, 0.1) is 33.7 Å². The van der Waals surface area contributed by atoms with Crippen LogP contribution in [0.4, 0.5) is 4.79 Å². The molecule has 238 valence electrons. The van der Waals surface area contributed by atoms with E-state index in [9.17, 15) is 4.79 Å². The number of aromatic nitrogens is 2. The fourth-order valence-corrected chi connectivity index (χ4v) is 7.72. The molecule has 1 aromatic heterocycles. The predicted octanol–water partition coefficient (Wildman–Crippen LogP) is 9.55. The monoisotopic (exact) mass is 677 g/mol. The number of hydrogen-bond acceptors (Lipinski definition) is 6. The van der Waals surface area contributed by atoms with Crippen LogP contribution in [0, 0.1) is 0 Å². The zero-order valence-electron chi connectivity index (χ0n) is 26.0. The van der Waals surface area contributed by atoms with E-state index in [1.165, 1.54) is 0 Å². The average Bonchev–Trinajstić information content (AvgIpc) is 3.87. The first-order valence-electron chi connectivity index (χ1n) is 16.0. The molecule has 9 rings (SSSR count). The van der Waals surface area contributed by atoms with Gasteiger partial charge >= 0.3 is 5.85 Å². The predicted molar refractivity (Wildman–Crippen MR) is 196 cm³/mol. The van der Waals surface area contributed by atoms with Crippen molar-refractivity contribution < 1.29 is 9.53 Å². The van der Waals surface area contributed by atoms with Gasteiger partial charge in [-0.15, -0.1) is 0 Å². The third kappa shape index (κ3) is 5.21. The molecule has 7 nitrogen and oxygen atoms in total. The van der Waals surface area contributed by atoms with E-state index >= 15 is 0 Å². The second-order valence-corrected chi connectivity index (χ2v) is 13.5. The maximum absolute atomic E-state index is 13.2. The van der Waals surface area contributed by atoms with Crippen LogP contribution in [-0.2, 0) is 0 Å². The number of nitrogens with zero attached hydrogens (tertiary/aromatic N) is 4. The van der Waals surface area contributed by atoms with Crippen molar-refractivity contribution in [2.24, 2.45) is 5.10 Å². The van der Waals surface area contributed by atoms with Crippen LogP contribution in [-0.4, -0.2) is 31.6 Å². The molecule has 6 aromatic rings. The maximum atomic E-state index is 13.2. The molecule has 9 heteroatoms. The van der Waals surface area contributed by atoms with Gasteiger partial charge in [-0.05, 0) is 65.4 Å². The zero-order valence-corrected chi connectivity index (χ0v) is 27.6. The fourth-order valence-electron chi connectivity index (χ4n) is 6.69. The lowest BCUT2D eigenvalue weighted by Gasteiger charge is -2.45. The van der Waals surface area contributed by atoms with Gasteiger partial charge in [-0.1, -0.05) is 115 Å². The molecule has 1 spiro atoms. The van der Waals surface area contributed by atoms with Crippen molar-refractivity contribution in [2.45, 2.75) is 18.3 Å². The minimum absolute atomic E-state index is 0.129. The zero-order chi connectivity index (χ0) is 33.0. The van der Waals surface area contributed by atoms with E-state index in [-0.39, 0.29) is 11.3 Å². The van der Waals surface area contributed by atoms with Crippen molar-refractivity contribution in [1.82, 2.24) is 20.1 Å². The van der Waals surface area contributed by atoms with E-state index in [0.29, 0.717) is 16.3 Å². The van der Waals surface area contributed by atoms with Gasteiger partial charge in [-0.2, -0.15) is 10.2 Å². The van der Waals surface area contributed by atoms with Gasteiger partial charge in [-0.25, -0.2) is 9.69 Å². The highest BCUT2D eigenvalue weighted by molar-refractivity contribution is 8.17. The van der Waals surface area contributed by atoms with Crippen LogP contribution in [0.5, 0.6) is 5.75 Å². The summed E-state index contributed by atoms with van der Waals surface area (Å²) in [6.45, 7) is 0. The Morgan fingerprint density at radius 2 is 1.51 bits per heavy atom. The number of para-hydroxylation sites is 1. The van der Waals surface area contributed by atoms with Gasteiger partial charge in [0.25, 0.3) is 5.24 Å². The number of amides is 1. The second-order valence-electron chi connectivity index (χ2n) is 12.1. The van der Waals surface area contributed by atoms with E-state index in [2.05, 4.69) is 53.8 Å². The highest BCUT2D eigenvalue weighted by Gasteiger charge is 2.58. The highest BCUT2D eigenvalue weighted by atomic mass is 35.5. The number of carbonyl (C=O) groups excluding carboxylic acids is 1. The Balaban J connectivity index is 1.10. The summed E-state index contributed by atoms with van der Waals surface area (Å²) in [6.07, 6.45) is 2.66. The molecule has 3 aliphatic rings. The SMILES string of the molecule is O=C1NC2(Oc3ccccc3C3CC(c4ccc(Cl)cc4)=NN32)/C(=C/c2ccc(-n3nc(-c4ccccc4)cc3-c3ccccc3)cc2)S1. The number of carbonyl (C=O) groups is 1. The van der Waals surface area contributed by atoms with E-state index in [0.717, 1.165) is 68.1 Å². The molecule has 3 aliphatic heterocycles. The number of nitrogens with one attached hydrogen (secondary N) is 1. The molecule has 1 fully saturated rings. The number of thioether (sulfide) groups is 1. The van der Waals surface area contributed by atoms with Crippen molar-refractivity contribution in [1.29, 1.82) is 0 Å². The Hall–Kier alpha value is -5.57. The number of benzene rings is 5. The maximum Gasteiger partial charge on any atom is 0.314 e. The average molecular weight is 678 g/mol. The first-order chi connectivity index (χ1) is 24.0. The first-order valence-corrected chi connectivity index (χ1v) is 17.2. The van der Waals surface area contributed by atoms with Crippen LogP contribution in [0.15, 0.2) is 150 Å². The topological polar surface area (TPSA) is 71.8 Å². The summed E-state index contributed by atoms with van der Waals surface area (Å²) in [6, 6.07) is 46.3. The van der Waals surface area contributed by atoms with Gasteiger partial charge in [-0.3, -0.25) is 10.1 Å². The molecule has 0 saturated carbocycles.